The van der Waals surface area contributed by atoms with Gasteiger partial charge in [-0.15, -0.1) is 0 Å². The van der Waals surface area contributed by atoms with Gasteiger partial charge >= 0.3 is 0 Å². The third kappa shape index (κ3) is 3.62. The van der Waals surface area contributed by atoms with Crippen LogP contribution in [0.4, 0.5) is 5.69 Å². The fourth-order valence-corrected chi connectivity index (χ4v) is 5.28. The van der Waals surface area contributed by atoms with Crippen LogP contribution in [0, 0.1) is 0 Å². The first-order chi connectivity index (χ1) is 15.5. The van der Waals surface area contributed by atoms with E-state index in [1.54, 1.807) is 23.9 Å². The van der Waals surface area contributed by atoms with Gasteiger partial charge in [0, 0.05) is 62.1 Å². The SMILES string of the molecule is CC[C@H]1CN(C(C)c2ccc(C3CC3)nc2)[C@H](CC)CN1c1cc(=O)n(C)c2cn[nH]c12. The summed E-state index contributed by atoms with van der Waals surface area (Å²) in [5.41, 5.74) is 5.33. The second-order valence-electron chi connectivity index (χ2n) is 9.50. The fraction of sp³-hybridized carbons (Fsp3) is 0.560. The average molecular weight is 435 g/mol. The molecule has 0 radical (unpaired) electrons. The van der Waals surface area contributed by atoms with Crippen LogP contribution in [0.3, 0.4) is 0 Å². The van der Waals surface area contributed by atoms with Crippen molar-refractivity contribution in [1.82, 2.24) is 24.6 Å². The number of anilines is 1. The Hall–Kier alpha value is -2.67. The highest BCUT2D eigenvalue weighted by atomic mass is 16.1. The van der Waals surface area contributed by atoms with E-state index in [2.05, 4.69) is 59.1 Å². The van der Waals surface area contributed by atoms with E-state index in [9.17, 15) is 4.79 Å². The quantitative estimate of drug-likeness (QED) is 0.636. The van der Waals surface area contributed by atoms with Crippen LogP contribution in [0.2, 0.25) is 0 Å². The van der Waals surface area contributed by atoms with Gasteiger partial charge < -0.3 is 9.47 Å². The first kappa shape index (κ1) is 21.2. The molecule has 3 aromatic heterocycles. The highest BCUT2D eigenvalue weighted by molar-refractivity contribution is 5.88. The summed E-state index contributed by atoms with van der Waals surface area (Å²) < 4.78 is 1.66. The Kier molecular flexibility index (Phi) is 5.53. The molecule has 3 aromatic rings. The van der Waals surface area contributed by atoms with Crippen molar-refractivity contribution in [3.05, 3.63) is 52.2 Å². The molecular weight excluding hydrogens is 400 g/mol. The molecule has 32 heavy (non-hydrogen) atoms. The van der Waals surface area contributed by atoms with E-state index in [0.29, 0.717) is 24.0 Å². The lowest BCUT2D eigenvalue weighted by atomic mass is 9.97. The second kappa shape index (κ2) is 8.35. The maximum absolute atomic E-state index is 12.7. The minimum Gasteiger partial charge on any atom is -0.364 e. The van der Waals surface area contributed by atoms with Crippen molar-refractivity contribution in [1.29, 1.82) is 0 Å². The fourth-order valence-electron chi connectivity index (χ4n) is 5.28. The molecule has 5 rings (SSSR count). The first-order valence-corrected chi connectivity index (χ1v) is 12.0. The molecule has 1 aliphatic heterocycles. The third-order valence-corrected chi connectivity index (χ3v) is 7.60. The van der Waals surface area contributed by atoms with Crippen LogP contribution < -0.4 is 10.5 Å². The molecule has 170 valence electrons. The van der Waals surface area contributed by atoms with Gasteiger partial charge in [-0.25, -0.2) is 0 Å². The lowest BCUT2D eigenvalue weighted by Gasteiger charge is -2.49. The molecule has 7 nitrogen and oxygen atoms in total. The van der Waals surface area contributed by atoms with Crippen molar-refractivity contribution in [3.63, 3.8) is 0 Å². The van der Waals surface area contributed by atoms with E-state index in [0.717, 1.165) is 42.7 Å². The van der Waals surface area contributed by atoms with E-state index in [1.165, 1.54) is 24.1 Å². The summed E-state index contributed by atoms with van der Waals surface area (Å²) >= 11 is 0. The Morgan fingerprint density at radius 3 is 2.56 bits per heavy atom. The van der Waals surface area contributed by atoms with Gasteiger partial charge in [0.2, 0.25) is 0 Å². The second-order valence-corrected chi connectivity index (χ2v) is 9.50. The van der Waals surface area contributed by atoms with Gasteiger partial charge in [0.1, 0.15) is 5.52 Å². The normalized spacial score (nSPS) is 23.1. The number of aryl methyl sites for hydroxylation is 1. The largest absolute Gasteiger partial charge is 0.364 e. The lowest BCUT2D eigenvalue weighted by Crippen LogP contribution is -2.58. The first-order valence-electron chi connectivity index (χ1n) is 12.0. The molecule has 1 unspecified atom stereocenters. The highest BCUT2D eigenvalue weighted by Crippen LogP contribution is 2.39. The summed E-state index contributed by atoms with van der Waals surface area (Å²) in [6, 6.07) is 7.33. The summed E-state index contributed by atoms with van der Waals surface area (Å²) in [5.74, 6) is 0.689. The van der Waals surface area contributed by atoms with Gasteiger partial charge in [0.15, 0.2) is 0 Å². The van der Waals surface area contributed by atoms with Crippen LogP contribution in [0.1, 0.15) is 69.7 Å². The molecular formula is C25H34N6O. The van der Waals surface area contributed by atoms with E-state index < -0.39 is 0 Å². The van der Waals surface area contributed by atoms with E-state index in [-0.39, 0.29) is 5.56 Å². The van der Waals surface area contributed by atoms with Crippen LogP contribution >= 0.6 is 0 Å². The van der Waals surface area contributed by atoms with Gasteiger partial charge in [0.25, 0.3) is 5.56 Å². The molecule has 2 aliphatic rings. The summed E-state index contributed by atoms with van der Waals surface area (Å²) in [6.07, 6.45) is 8.48. The number of aromatic amines is 1. The maximum atomic E-state index is 12.7. The minimum absolute atomic E-state index is 0.00873. The number of hydrogen-bond acceptors (Lipinski definition) is 5. The van der Waals surface area contributed by atoms with E-state index in [4.69, 9.17) is 4.98 Å². The third-order valence-electron chi connectivity index (χ3n) is 7.60. The molecule has 1 N–H and O–H groups in total. The molecule has 2 fully saturated rings. The predicted molar refractivity (Wildman–Crippen MR) is 128 cm³/mol. The molecule has 0 aromatic carbocycles. The van der Waals surface area contributed by atoms with Crippen molar-refractivity contribution in [2.45, 2.75) is 70.5 Å². The lowest BCUT2D eigenvalue weighted by molar-refractivity contribution is 0.101. The number of piperazine rings is 1. The van der Waals surface area contributed by atoms with Crippen molar-refractivity contribution < 1.29 is 0 Å². The Bertz CT molecular complexity index is 1150. The Morgan fingerprint density at radius 2 is 1.91 bits per heavy atom. The zero-order valence-electron chi connectivity index (χ0n) is 19.6. The predicted octanol–water partition coefficient (Wildman–Crippen LogP) is 3.97. The van der Waals surface area contributed by atoms with Gasteiger partial charge in [-0.2, -0.15) is 5.10 Å². The maximum Gasteiger partial charge on any atom is 0.252 e. The number of aromatic nitrogens is 4. The molecule has 0 amide bonds. The Balaban J connectivity index is 1.44. The van der Waals surface area contributed by atoms with Crippen molar-refractivity contribution in [2.24, 2.45) is 7.05 Å². The Labute approximate surface area is 189 Å². The molecule has 3 atom stereocenters. The number of H-pyrrole nitrogens is 1. The van der Waals surface area contributed by atoms with Crippen molar-refractivity contribution in [2.75, 3.05) is 18.0 Å². The Morgan fingerprint density at radius 1 is 1.12 bits per heavy atom. The molecule has 1 saturated carbocycles. The zero-order valence-corrected chi connectivity index (χ0v) is 19.6. The number of nitrogens with zero attached hydrogens (tertiary/aromatic N) is 5. The van der Waals surface area contributed by atoms with Crippen LogP contribution in [0.25, 0.3) is 11.0 Å². The van der Waals surface area contributed by atoms with E-state index >= 15 is 0 Å². The smallest absolute Gasteiger partial charge is 0.252 e. The monoisotopic (exact) mass is 434 g/mol. The molecule has 7 heteroatoms. The topological polar surface area (TPSA) is 70.1 Å². The number of fused-ring (bicyclic) bond motifs is 1. The van der Waals surface area contributed by atoms with Crippen LogP contribution in [0.5, 0.6) is 0 Å². The highest BCUT2D eigenvalue weighted by Gasteiger charge is 2.36. The van der Waals surface area contributed by atoms with Crippen LogP contribution in [-0.2, 0) is 7.05 Å². The molecule has 1 saturated heterocycles. The molecule has 4 heterocycles. The van der Waals surface area contributed by atoms with Crippen molar-refractivity contribution >= 4 is 16.7 Å². The van der Waals surface area contributed by atoms with Crippen LogP contribution in [0.15, 0.2) is 35.4 Å². The van der Waals surface area contributed by atoms with Gasteiger partial charge in [0.05, 0.1) is 17.4 Å². The van der Waals surface area contributed by atoms with Crippen LogP contribution in [-0.4, -0.2) is 49.8 Å². The molecule has 1 aliphatic carbocycles. The summed E-state index contributed by atoms with van der Waals surface area (Å²) in [5, 5.41) is 7.36. The number of hydrogen-bond donors (Lipinski definition) is 1. The number of rotatable bonds is 6. The number of nitrogens with one attached hydrogen (secondary N) is 1. The van der Waals surface area contributed by atoms with Gasteiger partial charge in [-0.1, -0.05) is 19.9 Å². The van der Waals surface area contributed by atoms with Gasteiger partial charge in [-0.05, 0) is 44.2 Å². The average Bonchev–Trinajstić information content (AvgIpc) is 3.56. The minimum atomic E-state index is 0.00873. The van der Waals surface area contributed by atoms with Crippen molar-refractivity contribution in [3.8, 4) is 0 Å². The summed E-state index contributed by atoms with van der Waals surface area (Å²) in [7, 11) is 1.80. The molecule has 0 spiro atoms. The molecule has 0 bridgehead atoms. The number of pyridine rings is 2. The summed E-state index contributed by atoms with van der Waals surface area (Å²) in [4.78, 5) is 22.5. The van der Waals surface area contributed by atoms with Gasteiger partial charge in [-0.3, -0.25) is 19.8 Å². The zero-order chi connectivity index (χ0) is 22.4. The summed E-state index contributed by atoms with van der Waals surface area (Å²) in [6.45, 7) is 8.67. The standard InChI is InChI=1S/C25H34N6O/c1-5-19-15-31(22-11-24(32)29(4)23-13-27-28-25(22)23)20(6-2)14-30(19)16(3)18-9-10-21(26-12-18)17-7-8-17/h9-13,16-17,19-20H,5-8,14-15H2,1-4H3,(H,27,28)/t16?,19-,20+/m1/s1. The van der Waals surface area contributed by atoms with E-state index in [1.807, 2.05) is 0 Å².